The van der Waals surface area contributed by atoms with Crippen molar-refractivity contribution in [3.05, 3.63) is 18.1 Å². The molecule has 1 aromatic rings. The minimum atomic E-state index is 0.609. The highest BCUT2D eigenvalue weighted by molar-refractivity contribution is 5.36. The van der Waals surface area contributed by atoms with Crippen LogP contribution in [0, 0.1) is 5.92 Å². The molecule has 0 aromatic carbocycles. The predicted molar refractivity (Wildman–Crippen MR) is 71.1 cm³/mol. The molecule has 1 N–H and O–H groups in total. The SMILES string of the molecule is CCc1cc(NC2CCC(CC)CC2)ncn1. The molecular formula is C14H23N3. The van der Waals surface area contributed by atoms with Gasteiger partial charge in [-0.05, 0) is 38.0 Å². The molecule has 0 bridgehead atoms. The monoisotopic (exact) mass is 233 g/mol. The van der Waals surface area contributed by atoms with Crippen LogP contribution in [-0.2, 0) is 6.42 Å². The second-order valence-corrected chi connectivity index (χ2v) is 5.02. The number of anilines is 1. The van der Waals surface area contributed by atoms with E-state index in [0.717, 1.165) is 23.9 Å². The van der Waals surface area contributed by atoms with Crippen molar-refractivity contribution in [3.8, 4) is 0 Å². The lowest BCUT2D eigenvalue weighted by molar-refractivity contribution is 0.330. The smallest absolute Gasteiger partial charge is 0.129 e. The van der Waals surface area contributed by atoms with Gasteiger partial charge in [-0.2, -0.15) is 0 Å². The van der Waals surface area contributed by atoms with Crippen molar-refractivity contribution in [2.45, 2.75) is 58.4 Å². The summed E-state index contributed by atoms with van der Waals surface area (Å²) in [6, 6.07) is 2.68. The second-order valence-electron chi connectivity index (χ2n) is 5.02. The summed E-state index contributed by atoms with van der Waals surface area (Å²) in [5.74, 6) is 1.95. The Bertz CT molecular complexity index is 343. The molecule has 0 saturated heterocycles. The molecule has 1 aliphatic carbocycles. The van der Waals surface area contributed by atoms with Crippen molar-refractivity contribution in [1.82, 2.24) is 9.97 Å². The third kappa shape index (κ3) is 3.42. The van der Waals surface area contributed by atoms with Crippen LogP contribution in [0.5, 0.6) is 0 Å². The van der Waals surface area contributed by atoms with Crippen LogP contribution in [-0.4, -0.2) is 16.0 Å². The summed E-state index contributed by atoms with van der Waals surface area (Å²) in [7, 11) is 0. The topological polar surface area (TPSA) is 37.8 Å². The van der Waals surface area contributed by atoms with Gasteiger partial charge in [0.05, 0.1) is 0 Å². The lowest BCUT2D eigenvalue weighted by atomic mass is 9.84. The summed E-state index contributed by atoms with van der Waals surface area (Å²) in [6.07, 6.45) is 9.26. The molecule has 17 heavy (non-hydrogen) atoms. The van der Waals surface area contributed by atoms with Gasteiger partial charge < -0.3 is 5.32 Å². The van der Waals surface area contributed by atoms with E-state index in [-0.39, 0.29) is 0 Å². The van der Waals surface area contributed by atoms with Crippen LogP contribution >= 0.6 is 0 Å². The molecule has 0 atom stereocenters. The highest BCUT2D eigenvalue weighted by Crippen LogP contribution is 2.28. The molecule has 0 amide bonds. The van der Waals surface area contributed by atoms with Gasteiger partial charge in [0.15, 0.2) is 0 Å². The van der Waals surface area contributed by atoms with E-state index in [1.54, 1.807) is 6.33 Å². The first-order valence-corrected chi connectivity index (χ1v) is 6.89. The Labute approximate surface area is 104 Å². The Morgan fingerprint density at radius 3 is 2.59 bits per heavy atom. The molecule has 3 nitrogen and oxygen atoms in total. The van der Waals surface area contributed by atoms with Gasteiger partial charge in [-0.15, -0.1) is 0 Å². The van der Waals surface area contributed by atoms with Gasteiger partial charge >= 0.3 is 0 Å². The van der Waals surface area contributed by atoms with E-state index in [9.17, 15) is 0 Å². The van der Waals surface area contributed by atoms with Crippen molar-refractivity contribution >= 4 is 5.82 Å². The summed E-state index contributed by atoms with van der Waals surface area (Å²) in [4.78, 5) is 8.52. The van der Waals surface area contributed by atoms with Crippen molar-refractivity contribution in [2.75, 3.05) is 5.32 Å². The van der Waals surface area contributed by atoms with Gasteiger partial charge in [0, 0.05) is 17.8 Å². The first kappa shape index (κ1) is 12.3. The van der Waals surface area contributed by atoms with Gasteiger partial charge in [0.1, 0.15) is 12.1 Å². The number of hydrogen-bond donors (Lipinski definition) is 1. The van der Waals surface area contributed by atoms with Gasteiger partial charge in [0.2, 0.25) is 0 Å². The second kappa shape index (κ2) is 5.99. The van der Waals surface area contributed by atoms with Crippen LogP contribution in [0.15, 0.2) is 12.4 Å². The number of nitrogens with zero attached hydrogens (tertiary/aromatic N) is 2. The van der Waals surface area contributed by atoms with Gasteiger partial charge in [-0.1, -0.05) is 20.3 Å². The molecule has 1 aromatic heterocycles. The van der Waals surface area contributed by atoms with E-state index >= 15 is 0 Å². The van der Waals surface area contributed by atoms with E-state index in [1.807, 2.05) is 0 Å². The van der Waals surface area contributed by atoms with Crippen LogP contribution < -0.4 is 5.32 Å². The van der Waals surface area contributed by atoms with Crippen molar-refractivity contribution < 1.29 is 0 Å². The van der Waals surface area contributed by atoms with Crippen LogP contribution in [0.3, 0.4) is 0 Å². The van der Waals surface area contributed by atoms with Crippen LogP contribution in [0.4, 0.5) is 5.82 Å². The molecule has 1 saturated carbocycles. The summed E-state index contributed by atoms with van der Waals surface area (Å²) < 4.78 is 0. The van der Waals surface area contributed by atoms with Gasteiger partial charge in [-0.25, -0.2) is 9.97 Å². The van der Waals surface area contributed by atoms with E-state index < -0.39 is 0 Å². The van der Waals surface area contributed by atoms with E-state index in [2.05, 4.69) is 35.2 Å². The zero-order valence-corrected chi connectivity index (χ0v) is 10.9. The summed E-state index contributed by atoms with van der Waals surface area (Å²) in [5, 5.41) is 3.55. The minimum Gasteiger partial charge on any atom is -0.367 e. The quantitative estimate of drug-likeness (QED) is 0.866. The van der Waals surface area contributed by atoms with Crippen LogP contribution in [0.2, 0.25) is 0 Å². The van der Waals surface area contributed by atoms with Crippen LogP contribution in [0.1, 0.15) is 51.6 Å². The normalized spacial score (nSPS) is 24.6. The fourth-order valence-electron chi connectivity index (χ4n) is 2.59. The summed E-state index contributed by atoms with van der Waals surface area (Å²) in [6.45, 7) is 4.43. The fraction of sp³-hybridized carbons (Fsp3) is 0.714. The molecule has 1 aliphatic rings. The highest BCUT2D eigenvalue weighted by atomic mass is 15.0. The van der Waals surface area contributed by atoms with E-state index in [1.165, 1.54) is 32.1 Å². The summed E-state index contributed by atoms with van der Waals surface area (Å²) in [5.41, 5.74) is 1.12. The molecule has 2 rings (SSSR count). The van der Waals surface area contributed by atoms with E-state index in [4.69, 9.17) is 0 Å². The molecule has 0 aliphatic heterocycles. The fourth-order valence-corrected chi connectivity index (χ4v) is 2.59. The number of aromatic nitrogens is 2. The lowest BCUT2D eigenvalue weighted by Gasteiger charge is -2.28. The van der Waals surface area contributed by atoms with Gasteiger partial charge in [0.25, 0.3) is 0 Å². The Hall–Kier alpha value is -1.12. The first-order valence-electron chi connectivity index (χ1n) is 6.89. The lowest BCUT2D eigenvalue weighted by Crippen LogP contribution is -2.26. The molecule has 1 fully saturated rings. The predicted octanol–water partition coefficient (Wildman–Crippen LogP) is 3.42. The average Bonchev–Trinajstić information content (AvgIpc) is 2.40. The van der Waals surface area contributed by atoms with Crippen LogP contribution in [0.25, 0.3) is 0 Å². The third-order valence-electron chi connectivity index (χ3n) is 3.86. The maximum absolute atomic E-state index is 4.30. The standard InChI is InChI=1S/C14H23N3/c1-3-11-5-7-13(8-6-11)17-14-9-12(4-2)15-10-16-14/h9-11,13H,3-8H2,1-2H3,(H,15,16,17). The third-order valence-corrected chi connectivity index (χ3v) is 3.86. The number of hydrogen-bond acceptors (Lipinski definition) is 3. The maximum atomic E-state index is 4.30. The number of rotatable bonds is 4. The maximum Gasteiger partial charge on any atom is 0.129 e. The first-order chi connectivity index (χ1) is 8.31. The molecule has 94 valence electrons. The molecule has 0 unspecified atom stereocenters. The zero-order valence-electron chi connectivity index (χ0n) is 10.9. The zero-order chi connectivity index (χ0) is 12.1. The molecule has 3 heteroatoms. The van der Waals surface area contributed by atoms with Crippen molar-refractivity contribution in [2.24, 2.45) is 5.92 Å². The van der Waals surface area contributed by atoms with Gasteiger partial charge in [-0.3, -0.25) is 0 Å². The Morgan fingerprint density at radius 1 is 1.18 bits per heavy atom. The minimum absolute atomic E-state index is 0.609. The Kier molecular flexibility index (Phi) is 4.35. The van der Waals surface area contributed by atoms with Crippen molar-refractivity contribution in [3.63, 3.8) is 0 Å². The Balaban J connectivity index is 1.88. The number of aryl methyl sites for hydroxylation is 1. The molecule has 1 heterocycles. The molecule has 0 spiro atoms. The Morgan fingerprint density at radius 2 is 1.94 bits per heavy atom. The molecular weight excluding hydrogens is 210 g/mol. The van der Waals surface area contributed by atoms with Crippen molar-refractivity contribution in [1.29, 1.82) is 0 Å². The number of nitrogens with one attached hydrogen (secondary N) is 1. The largest absolute Gasteiger partial charge is 0.367 e. The molecule has 0 radical (unpaired) electrons. The van der Waals surface area contributed by atoms with E-state index in [0.29, 0.717) is 6.04 Å². The highest BCUT2D eigenvalue weighted by Gasteiger charge is 2.19. The summed E-state index contributed by atoms with van der Waals surface area (Å²) >= 11 is 0. The average molecular weight is 233 g/mol.